The van der Waals surface area contributed by atoms with Crippen LogP contribution in [0, 0.1) is 0 Å². The summed E-state index contributed by atoms with van der Waals surface area (Å²) in [4.78, 5) is 8.25. The summed E-state index contributed by atoms with van der Waals surface area (Å²) in [6, 6.07) is 7.31. The van der Waals surface area contributed by atoms with Gasteiger partial charge in [-0.2, -0.15) is 4.98 Å². The van der Waals surface area contributed by atoms with E-state index in [0.717, 1.165) is 11.1 Å². The highest BCUT2D eigenvalue weighted by Crippen LogP contribution is 2.25. The van der Waals surface area contributed by atoms with Gasteiger partial charge >= 0.3 is 0 Å². The number of nitrogens with zero attached hydrogens (tertiary/aromatic N) is 4. The smallest absolute Gasteiger partial charge is 0.240 e. The van der Waals surface area contributed by atoms with E-state index in [4.69, 9.17) is 22.1 Å². The minimum Gasteiger partial charge on any atom is -0.481 e. The monoisotopic (exact) mass is 275 g/mol. The lowest BCUT2D eigenvalue weighted by Gasteiger charge is -2.04. The molecule has 0 unspecified atom stereocenters. The van der Waals surface area contributed by atoms with Crippen molar-refractivity contribution in [1.82, 2.24) is 19.6 Å². The fourth-order valence-corrected chi connectivity index (χ4v) is 2.04. The molecule has 0 fully saturated rings. The van der Waals surface area contributed by atoms with Crippen molar-refractivity contribution in [1.29, 1.82) is 0 Å². The van der Waals surface area contributed by atoms with Crippen LogP contribution >= 0.6 is 11.6 Å². The number of anilines is 1. The Balaban J connectivity index is 2.13. The van der Waals surface area contributed by atoms with Crippen molar-refractivity contribution in [3.05, 3.63) is 35.6 Å². The standard InChI is InChI=1S/C12H10ClN5O/c1-19-11-3-2-7(6-15-11)8-4-9(13)18-10(5-8)16-12(14)17-18/h2-6H,1H3,(H2,14,17). The van der Waals surface area contributed by atoms with Gasteiger partial charge in [0.2, 0.25) is 11.8 Å². The summed E-state index contributed by atoms with van der Waals surface area (Å²) in [6.07, 6.45) is 1.71. The summed E-state index contributed by atoms with van der Waals surface area (Å²) < 4.78 is 6.51. The van der Waals surface area contributed by atoms with Gasteiger partial charge in [0.05, 0.1) is 7.11 Å². The molecule has 0 amide bonds. The van der Waals surface area contributed by atoms with Crippen LogP contribution < -0.4 is 10.5 Å². The number of hydrogen-bond acceptors (Lipinski definition) is 5. The summed E-state index contributed by atoms with van der Waals surface area (Å²) >= 11 is 6.14. The van der Waals surface area contributed by atoms with E-state index in [2.05, 4.69) is 15.1 Å². The van der Waals surface area contributed by atoms with Crippen molar-refractivity contribution < 1.29 is 4.74 Å². The Morgan fingerprint density at radius 3 is 2.79 bits per heavy atom. The Labute approximate surface area is 113 Å². The zero-order chi connectivity index (χ0) is 13.4. The molecular weight excluding hydrogens is 266 g/mol. The Bertz CT molecular complexity index is 738. The van der Waals surface area contributed by atoms with Gasteiger partial charge in [0.1, 0.15) is 5.15 Å². The molecule has 0 aromatic carbocycles. The van der Waals surface area contributed by atoms with Gasteiger partial charge in [-0.25, -0.2) is 9.50 Å². The van der Waals surface area contributed by atoms with Crippen molar-refractivity contribution in [3.8, 4) is 17.0 Å². The third kappa shape index (κ3) is 2.06. The minimum atomic E-state index is 0.187. The lowest BCUT2D eigenvalue weighted by molar-refractivity contribution is 0.398. The van der Waals surface area contributed by atoms with Crippen molar-refractivity contribution >= 4 is 23.2 Å². The zero-order valence-electron chi connectivity index (χ0n) is 10.0. The molecule has 3 aromatic heterocycles. The first-order valence-electron chi connectivity index (χ1n) is 5.49. The number of pyridine rings is 2. The predicted octanol–water partition coefficient (Wildman–Crippen LogP) is 2.04. The summed E-state index contributed by atoms with van der Waals surface area (Å²) in [7, 11) is 1.57. The number of ether oxygens (including phenoxy) is 1. The number of aromatic nitrogens is 4. The highest BCUT2D eigenvalue weighted by molar-refractivity contribution is 6.30. The molecule has 0 bridgehead atoms. The van der Waals surface area contributed by atoms with Gasteiger partial charge in [0, 0.05) is 17.8 Å². The van der Waals surface area contributed by atoms with E-state index in [1.807, 2.05) is 12.1 Å². The largest absolute Gasteiger partial charge is 0.481 e. The van der Waals surface area contributed by atoms with Crippen LogP contribution in [0.25, 0.3) is 16.8 Å². The molecular formula is C12H10ClN5O. The van der Waals surface area contributed by atoms with Crippen molar-refractivity contribution in [3.63, 3.8) is 0 Å². The highest BCUT2D eigenvalue weighted by Gasteiger charge is 2.08. The molecule has 0 saturated heterocycles. The summed E-state index contributed by atoms with van der Waals surface area (Å²) in [5.41, 5.74) is 7.95. The minimum absolute atomic E-state index is 0.187. The van der Waals surface area contributed by atoms with Gasteiger partial charge < -0.3 is 10.5 Å². The van der Waals surface area contributed by atoms with Gasteiger partial charge in [-0.3, -0.25) is 0 Å². The SMILES string of the molecule is COc1ccc(-c2cc(Cl)n3nc(N)nc3c2)cn1. The van der Waals surface area contributed by atoms with Gasteiger partial charge in [0.15, 0.2) is 5.65 Å². The molecule has 0 saturated carbocycles. The van der Waals surface area contributed by atoms with Crippen molar-refractivity contribution in [2.75, 3.05) is 12.8 Å². The third-order valence-electron chi connectivity index (χ3n) is 2.69. The summed E-state index contributed by atoms with van der Waals surface area (Å²) in [5.74, 6) is 0.745. The average molecular weight is 276 g/mol. The molecule has 0 spiro atoms. The van der Waals surface area contributed by atoms with Crippen LogP contribution in [0.3, 0.4) is 0 Å². The van der Waals surface area contributed by atoms with Crippen LogP contribution in [-0.4, -0.2) is 26.7 Å². The number of fused-ring (bicyclic) bond motifs is 1. The van der Waals surface area contributed by atoms with E-state index in [1.54, 1.807) is 25.4 Å². The van der Waals surface area contributed by atoms with Crippen LogP contribution in [0.4, 0.5) is 5.95 Å². The molecule has 0 aliphatic rings. The van der Waals surface area contributed by atoms with Gasteiger partial charge in [-0.1, -0.05) is 11.6 Å². The lowest BCUT2D eigenvalue weighted by atomic mass is 10.1. The third-order valence-corrected chi connectivity index (χ3v) is 2.96. The highest BCUT2D eigenvalue weighted by atomic mass is 35.5. The van der Waals surface area contributed by atoms with Gasteiger partial charge in [-0.05, 0) is 23.8 Å². The number of rotatable bonds is 2. The molecule has 0 aliphatic heterocycles. The second-order valence-electron chi connectivity index (χ2n) is 3.90. The van der Waals surface area contributed by atoms with E-state index in [9.17, 15) is 0 Å². The maximum absolute atomic E-state index is 6.14. The molecule has 0 aliphatic carbocycles. The molecule has 3 rings (SSSR count). The summed E-state index contributed by atoms with van der Waals surface area (Å²) in [6.45, 7) is 0. The van der Waals surface area contributed by atoms with Crippen molar-refractivity contribution in [2.24, 2.45) is 0 Å². The normalized spacial score (nSPS) is 10.8. The Morgan fingerprint density at radius 1 is 1.26 bits per heavy atom. The lowest BCUT2D eigenvalue weighted by Crippen LogP contribution is -1.92. The molecule has 7 heteroatoms. The number of hydrogen-bond donors (Lipinski definition) is 1. The number of methoxy groups -OCH3 is 1. The van der Waals surface area contributed by atoms with Gasteiger partial charge in [0.25, 0.3) is 0 Å². The second-order valence-corrected chi connectivity index (χ2v) is 4.28. The number of halogens is 1. The molecule has 0 radical (unpaired) electrons. The van der Waals surface area contributed by atoms with E-state index < -0.39 is 0 Å². The molecule has 3 heterocycles. The maximum atomic E-state index is 6.14. The molecule has 3 aromatic rings. The first-order valence-corrected chi connectivity index (χ1v) is 5.87. The van der Waals surface area contributed by atoms with Crippen LogP contribution in [0.15, 0.2) is 30.5 Å². The van der Waals surface area contributed by atoms with Crippen LogP contribution in [-0.2, 0) is 0 Å². The molecule has 2 N–H and O–H groups in total. The Kier molecular flexibility index (Phi) is 2.72. The molecule has 19 heavy (non-hydrogen) atoms. The van der Waals surface area contributed by atoms with E-state index >= 15 is 0 Å². The van der Waals surface area contributed by atoms with E-state index in [0.29, 0.717) is 16.7 Å². The zero-order valence-corrected chi connectivity index (χ0v) is 10.8. The van der Waals surface area contributed by atoms with E-state index in [-0.39, 0.29) is 5.95 Å². The van der Waals surface area contributed by atoms with Crippen LogP contribution in [0.5, 0.6) is 5.88 Å². The molecule has 0 atom stereocenters. The second kappa shape index (κ2) is 4.40. The number of nitrogens with two attached hydrogens (primary N) is 1. The van der Waals surface area contributed by atoms with Crippen LogP contribution in [0.2, 0.25) is 5.15 Å². The topological polar surface area (TPSA) is 78.3 Å². The first-order chi connectivity index (χ1) is 9.17. The molecule has 96 valence electrons. The quantitative estimate of drug-likeness (QED) is 0.724. The first kappa shape index (κ1) is 11.7. The van der Waals surface area contributed by atoms with Crippen LogP contribution in [0.1, 0.15) is 0 Å². The Hall–Kier alpha value is -2.34. The van der Waals surface area contributed by atoms with E-state index in [1.165, 1.54) is 4.52 Å². The van der Waals surface area contributed by atoms with Gasteiger partial charge in [-0.15, -0.1) is 5.10 Å². The average Bonchev–Trinajstić information content (AvgIpc) is 2.80. The number of nitrogen functional groups attached to an aromatic ring is 1. The molecule has 6 nitrogen and oxygen atoms in total. The fourth-order valence-electron chi connectivity index (χ4n) is 1.80. The maximum Gasteiger partial charge on any atom is 0.240 e. The summed E-state index contributed by atoms with van der Waals surface area (Å²) in [5, 5.41) is 4.43. The Morgan fingerprint density at radius 2 is 2.11 bits per heavy atom. The van der Waals surface area contributed by atoms with Crippen molar-refractivity contribution in [2.45, 2.75) is 0 Å². The predicted molar refractivity (Wildman–Crippen MR) is 72.2 cm³/mol. The fraction of sp³-hybridized carbons (Fsp3) is 0.0833.